The molecule has 0 spiro atoms. The van der Waals surface area contributed by atoms with E-state index < -0.39 is 174 Å². The highest BCUT2D eigenvalue weighted by Gasteiger charge is 2.40. The maximum Gasteiger partial charge on any atom is 0.243 e. The van der Waals surface area contributed by atoms with Crippen LogP contribution in [0.1, 0.15) is 193 Å². The zero-order valence-corrected chi connectivity index (χ0v) is 88.1. The van der Waals surface area contributed by atoms with E-state index >= 15 is 33.6 Å². The Balaban J connectivity index is 1.25. The SMILES string of the molecule is CCCCCCNC(=O)[C@H](CC(=O)NCCNCC[NH3+])NC(=O)[C@@H](CC(=O)NCCNCC[NH3+])NC(=O)[C@@H](CC(C)C)NC(=O)[C@@H](CC(C)C)NC(=O)[C@@H](CC(C)C)NC(=O)[C@@H](CC(C)C)NC(=O)[C@H](CC(C)C)NC(=O)[C@H](Cc1ccccc1)NC(=O)[C@H](Cc1ccccc1)NC(=O)[C@H](Cc1ccccc1)NC(=O)[C@H](Cc1ccccc1)NC(=O)[C@@H](Cc1ccccc1)NC(=O)CCCc1cn(CCOCCN=[N+]=[N-])nn1. The third-order valence-corrected chi connectivity index (χ3v) is 23.9. The van der Waals surface area contributed by atoms with Crippen LogP contribution in [0.25, 0.3) is 10.4 Å². The summed E-state index contributed by atoms with van der Waals surface area (Å²) in [6.07, 6.45) is 4.30. The molecule has 23 N–H and O–H groups in total. The van der Waals surface area contributed by atoms with Crippen LogP contribution in [-0.4, -0.2) is 255 Å². The number of nitrogens with one attached hydrogen (secondary N) is 17. The maximum atomic E-state index is 15.6. The van der Waals surface area contributed by atoms with Crippen LogP contribution in [0.5, 0.6) is 0 Å². The van der Waals surface area contributed by atoms with Crippen LogP contribution >= 0.6 is 0 Å². The smallest absolute Gasteiger partial charge is 0.243 e. The largest absolute Gasteiger partial charge is 0.379 e. The van der Waals surface area contributed by atoms with E-state index in [1.165, 1.54) is 0 Å². The molecule has 41 heteroatoms. The third-order valence-electron chi connectivity index (χ3n) is 23.9. The summed E-state index contributed by atoms with van der Waals surface area (Å²) in [5, 5.41) is 60.6. The van der Waals surface area contributed by atoms with E-state index in [4.69, 9.17) is 10.3 Å². The molecule has 1 heterocycles. The third kappa shape index (κ3) is 49.7. The molecule has 148 heavy (non-hydrogen) atoms. The molecule has 0 saturated carbocycles. The van der Waals surface area contributed by atoms with Gasteiger partial charge in [0.15, 0.2) is 0 Å². The van der Waals surface area contributed by atoms with E-state index in [0.717, 1.165) is 19.3 Å². The van der Waals surface area contributed by atoms with E-state index in [9.17, 15) is 38.4 Å². The predicted molar refractivity (Wildman–Crippen MR) is 563 cm³/mol. The lowest BCUT2D eigenvalue weighted by atomic mass is 9.97. The zero-order chi connectivity index (χ0) is 108. The molecule has 1 aromatic heterocycles. The highest BCUT2D eigenvalue weighted by molar-refractivity contribution is 6.01. The summed E-state index contributed by atoms with van der Waals surface area (Å²) in [6.45, 7) is 25.1. The van der Waals surface area contributed by atoms with Gasteiger partial charge in [-0.25, -0.2) is 4.68 Å². The quantitative estimate of drug-likeness (QED) is 0.0113. The highest BCUT2D eigenvalue weighted by Crippen LogP contribution is 2.20. The van der Waals surface area contributed by atoms with Gasteiger partial charge in [0.1, 0.15) is 72.5 Å². The fourth-order valence-electron chi connectivity index (χ4n) is 16.4. The van der Waals surface area contributed by atoms with E-state index in [2.05, 4.69) is 122 Å². The number of carbonyl (C=O) groups is 15. The first-order chi connectivity index (χ1) is 71.0. The van der Waals surface area contributed by atoms with Gasteiger partial charge in [0.25, 0.3) is 0 Å². The molecule has 41 nitrogen and oxygen atoms in total. The first kappa shape index (κ1) is 123. The fourth-order valence-corrected chi connectivity index (χ4v) is 16.4. The van der Waals surface area contributed by atoms with Gasteiger partial charge in [-0.1, -0.05) is 257 Å². The average molecular weight is 2060 g/mol. The number of aromatic nitrogens is 3. The number of ether oxygens (including phenoxy) is 1. The van der Waals surface area contributed by atoms with Gasteiger partial charge >= 0.3 is 0 Å². The van der Waals surface area contributed by atoms with Crippen molar-refractivity contribution in [2.45, 2.75) is 277 Å². The monoisotopic (exact) mass is 2050 g/mol. The van der Waals surface area contributed by atoms with E-state index in [-0.39, 0.29) is 133 Å². The second kappa shape index (κ2) is 69.5. The number of azide groups is 1. The highest BCUT2D eigenvalue weighted by atomic mass is 16.5. The van der Waals surface area contributed by atoms with Gasteiger partial charge in [-0.3, -0.25) is 71.9 Å². The fraction of sp³-hybridized carbons (Fsp3) is 0.561. The van der Waals surface area contributed by atoms with Crippen molar-refractivity contribution in [2.75, 3.05) is 78.7 Å². The molecule has 15 amide bonds. The van der Waals surface area contributed by atoms with Crippen molar-refractivity contribution in [1.29, 1.82) is 0 Å². The van der Waals surface area contributed by atoms with Crippen molar-refractivity contribution in [3.63, 3.8) is 0 Å². The summed E-state index contributed by atoms with van der Waals surface area (Å²) in [5.41, 5.74) is 19.9. The van der Waals surface area contributed by atoms with Gasteiger partial charge in [-0.05, 0) is 114 Å². The molecule has 0 aliphatic carbocycles. The molecular weight excluding hydrogens is 1890 g/mol. The number of aryl methyl sites for hydroxylation is 1. The minimum Gasteiger partial charge on any atom is -0.379 e. The number of rotatable bonds is 73. The number of amides is 15. The Morgan fingerprint density at radius 1 is 0.338 bits per heavy atom. The van der Waals surface area contributed by atoms with Gasteiger partial charge in [0.2, 0.25) is 88.6 Å². The normalized spacial score (nSPS) is 13.7. The Morgan fingerprint density at radius 3 is 0.946 bits per heavy atom. The number of unbranched alkanes of at least 4 members (excludes halogenated alkanes) is 3. The molecular formula is C107H163N25O16+2. The van der Waals surface area contributed by atoms with Crippen molar-refractivity contribution in [3.8, 4) is 0 Å². The number of benzene rings is 5. The Kier molecular flexibility index (Phi) is 57.8. The van der Waals surface area contributed by atoms with Crippen LogP contribution in [0.4, 0.5) is 0 Å². The molecule has 0 unspecified atom stereocenters. The molecule has 0 saturated heterocycles. The van der Waals surface area contributed by atoms with Crippen LogP contribution in [0.15, 0.2) is 163 Å². The van der Waals surface area contributed by atoms with Crippen molar-refractivity contribution in [1.82, 2.24) is 105 Å². The molecule has 0 fully saturated rings. The van der Waals surface area contributed by atoms with Gasteiger partial charge in [-0.2, -0.15) is 0 Å². The number of carbonyl (C=O) groups excluding carboxylic acids is 15. The first-order valence-corrected chi connectivity index (χ1v) is 52.2. The maximum absolute atomic E-state index is 15.6. The van der Waals surface area contributed by atoms with Crippen molar-refractivity contribution in [2.24, 2.45) is 34.7 Å². The number of quaternary nitrogens is 2. The molecule has 0 radical (unpaired) electrons. The van der Waals surface area contributed by atoms with Crippen molar-refractivity contribution in [3.05, 3.63) is 202 Å². The van der Waals surface area contributed by atoms with Crippen molar-refractivity contribution >= 4 is 88.6 Å². The second-order valence-electron chi connectivity index (χ2n) is 39.4. The molecule has 0 aliphatic rings. The standard InChI is InChI=1S/C107H161N25O16/c1-12-13-14-30-46-115-96(136)91(67-94(134)113-51-49-111-47-44-108)127-107(147)92(68-95(135)114-52-50-112-48-45-109)128-101(141)85(61-74(10)11)121-99(139)83(59-72(6)7)119-97(137)81(57-70(2)3)118-98(138)82(58-71(4)5)120-100(140)84(60-73(8)9)122-103(143)87(63-76-34-22-16-23-35-76)124-105(145)89(65-78-38-26-18-27-39-78)126-106(146)90(66-79-40-28-19-29-41-79)125-104(144)88(64-77-36-24-17-25-37-77)123-102(142)86(62-75-32-20-15-21-33-75)117-93(133)43-31-42-80-69-132(131-129-80)54-56-148-55-53-116-130-110/h15-29,32-41,69-74,81-92,111-112H,12-14,30-31,42-68,108-109H2,1-11H3,(H,113,134)(H,114,135)(H,115,136)(H,117,133)(H,118,138)(H,119,137)(H,120,140)(H,121,139)(H,122,143)(H,123,142)(H,124,145)(H,125,144)(H,126,146)(H,127,147)(H,128,141)/p+2/t81-,82-,83-,84+,85-,86-,87+,88+,89+,90+,91+,92-/m1/s1. The zero-order valence-electron chi connectivity index (χ0n) is 88.1. The van der Waals surface area contributed by atoms with Crippen LogP contribution in [0.3, 0.4) is 0 Å². The first-order valence-electron chi connectivity index (χ1n) is 52.2. The average Bonchev–Trinajstić information content (AvgIpc) is 0.932. The predicted octanol–water partition coefficient (Wildman–Crippen LogP) is 2.56. The molecule has 0 bridgehead atoms. The van der Waals surface area contributed by atoms with Crippen LogP contribution < -0.4 is 102 Å². The van der Waals surface area contributed by atoms with Crippen LogP contribution in [0.2, 0.25) is 0 Å². The lowest BCUT2D eigenvalue weighted by molar-refractivity contribution is -0.365. The number of nitrogens with zero attached hydrogens (tertiary/aromatic N) is 6. The lowest BCUT2D eigenvalue weighted by Crippen LogP contribution is -2.61. The summed E-state index contributed by atoms with van der Waals surface area (Å²) >= 11 is 0. The molecule has 810 valence electrons. The molecule has 6 rings (SSSR count). The van der Waals surface area contributed by atoms with Gasteiger partial charge in [0.05, 0.1) is 51.4 Å². The lowest BCUT2D eigenvalue weighted by Gasteiger charge is -2.30. The van der Waals surface area contributed by atoms with Gasteiger partial charge < -0.3 is 107 Å². The van der Waals surface area contributed by atoms with E-state index in [1.807, 2.05) is 80.5 Å². The summed E-state index contributed by atoms with van der Waals surface area (Å²) in [5.74, 6) is -12.6. The van der Waals surface area contributed by atoms with Crippen LogP contribution in [-0.2, 0) is 122 Å². The van der Waals surface area contributed by atoms with Gasteiger partial charge in [-0.15, -0.1) is 5.10 Å². The van der Waals surface area contributed by atoms with Crippen molar-refractivity contribution < 1.29 is 88.1 Å². The van der Waals surface area contributed by atoms with Gasteiger partial charge in [0, 0.05) is 102 Å². The Labute approximate surface area is 870 Å². The Bertz CT molecular complexity index is 5100. The topological polar surface area (TPSA) is 605 Å². The number of hydrogen-bond acceptors (Lipinski definition) is 21. The summed E-state index contributed by atoms with van der Waals surface area (Å²) in [7, 11) is 0. The number of hydrogen-bond donors (Lipinski definition) is 19. The second-order valence-corrected chi connectivity index (χ2v) is 39.4. The molecule has 5 aromatic carbocycles. The minimum absolute atomic E-state index is 0.00313. The minimum atomic E-state index is -1.66. The Hall–Kier alpha value is -13.6. The summed E-state index contributed by atoms with van der Waals surface area (Å²) in [6, 6.07) is 27.5. The molecule has 0 aliphatic heterocycles. The summed E-state index contributed by atoms with van der Waals surface area (Å²) in [4.78, 5) is 225. The Morgan fingerprint density at radius 2 is 0.635 bits per heavy atom. The molecule has 12 atom stereocenters. The summed E-state index contributed by atoms with van der Waals surface area (Å²) < 4.78 is 7.10. The van der Waals surface area contributed by atoms with E-state index in [1.54, 1.807) is 158 Å². The van der Waals surface area contributed by atoms with Crippen LogP contribution in [0, 0.1) is 29.6 Å². The van der Waals surface area contributed by atoms with E-state index in [0.29, 0.717) is 105 Å². The molecule has 6 aromatic rings.